The molecule has 148 valence electrons. The van der Waals surface area contributed by atoms with Gasteiger partial charge in [-0.1, -0.05) is 19.8 Å². The van der Waals surface area contributed by atoms with E-state index < -0.39 is 42.4 Å². The molecule has 1 saturated heterocycles. The van der Waals surface area contributed by atoms with Crippen molar-refractivity contribution in [1.82, 2.24) is 9.55 Å². The van der Waals surface area contributed by atoms with Crippen LogP contribution in [0, 0.1) is 11.3 Å². The largest absolute Gasteiger partial charge is 0.449 e. The summed E-state index contributed by atoms with van der Waals surface area (Å²) in [5.41, 5.74) is -3.26. The second-order valence-electron chi connectivity index (χ2n) is 6.02. The molecule has 1 amide bonds. The van der Waals surface area contributed by atoms with Gasteiger partial charge in [-0.15, -0.1) is 0 Å². The fourth-order valence-corrected chi connectivity index (χ4v) is 2.68. The summed E-state index contributed by atoms with van der Waals surface area (Å²) < 4.78 is 10.9. The summed E-state index contributed by atoms with van der Waals surface area (Å²) in [5.74, 6) is -0.114. The van der Waals surface area contributed by atoms with Crippen LogP contribution in [0.3, 0.4) is 0 Å². The Kier molecular flexibility index (Phi) is 6.86. The van der Waals surface area contributed by atoms with E-state index in [2.05, 4.69) is 10.3 Å². The second kappa shape index (κ2) is 8.92. The lowest BCUT2D eigenvalue weighted by molar-refractivity contribution is -0.109. The lowest BCUT2D eigenvalue weighted by Crippen LogP contribution is -2.49. The standard InChI is InChI=1S/C16H22N4O7/c1-2-3-4-7-26-15(25)19-11-5-6-20(14(24)18-11)16(9-17)13(23)12(22)10(8-21)27-16/h5-6,10,12-13,21-23H,2-4,7-8H2,1H3,(H,18,19,24,25)/t10-,12-,13-,16-/m1/s1. The second-order valence-corrected chi connectivity index (χ2v) is 6.02. The Bertz CT molecular complexity index is 762. The Balaban J connectivity index is 2.16. The molecule has 0 aliphatic carbocycles. The molecule has 0 bridgehead atoms. The number of amides is 1. The van der Waals surface area contributed by atoms with Crippen molar-refractivity contribution < 1.29 is 29.6 Å². The minimum atomic E-state index is -2.25. The number of nitriles is 1. The molecule has 11 nitrogen and oxygen atoms in total. The molecule has 0 saturated carbocycles. The van der Waals surface area contributed by atoms with Crippen LogP contribution >= 0.6 is 0 Å². The lowest BCUT2D eigenvalue weighted by Gasteiger charge is -2.26. The summed E-state index contributed by atoms with van der Waals surface area (Å²) in [6, 6.07) is 2.86. The number of hydrogen-bond donors (Lipinski definition) is 4. The van der Waals surface area contributed by atoms with Crippen molar-refractivity contribution in [2.75, 3.05) is 18.5 Å². The third-order valence-electron chi connectivity index (χ3n) is 4.15. The first kappa shape index (κ1) is 20.8. The van der Waals surface area contributed by atoms with Crippen molar-refractivity contribution in [2.24, 2.45) is 0 Å². The highest BCUT2D eigenvalue weighted by atomic mass is 16.6. The number of nitrogens with zero attached hydrogens (tertiary/aromatic N) is 3. The van der Waals surface area contributed by atoms with Crippen LogP contribution in [0.2, 0.25) is 0 Å². The van der Waals surface area contributed by atoms with Crippen LogP contribution in [0.1, 0.15) is 26.2 Å². The van der Waals surface area contributed by atoms with E-state index in [-0.39, 0.29) is 12.4 Å². The molecule has 27 heavy (non-hydrogen) atoms. The molecule has 0 aromatic carbocycles. The quantitative estimate of drug-likeness (QED) is 0.444. The van der Waals surface area contributed by atoms with Gasteiger partial charge >= 0.3 is 11.8 Å². The van der Waals surface area contributed by atoms with Crippen LogP contribution < -0.4 is 11.0 Å². The van der Waals surface area contributed by atoms with Gasteiger partial charge in [0.05, 0.1) is 13.2 Å². The molecular formula is C16H22N4O7. The van der Waals surface area contributed by atoms with Gasteiger partial charge in [0.1, 0.15) is 30.2 Å². The molecule has 0 spiro atoms. The van der Waals surface area contributed by atoms with Crippen LogP contribution in [0.25, 0.3) is 0 Å². The normalized spacial score (nSPS) is 27.1. The monoisotopic (exact) mass is 382 g/mol. The number of carbonyl (C=O) groups is 1. The Labute approximate surface area is 154 Å². The van der Waals surface area contributed by atoms with Crippen molar-refractivity contribution in [2.45, 2.75) is 50.2 Å². The van der Waals surface area contributed by atoms with Crippen LogP contribution in [0.15, 0.2) is 17.1 Å². The molecule has 0 radical (unpaired) electrons. The van der Waals surface area contributed by atoms with Crippen molar-refractivity contribution in [3.8, 4) is 6.07 Å². The van der Waals surface area contributed by atoms with Crippen molar-refractivity contribution in [3.63, 3.8) is 0 Å². The summed E-state index contributed by atoms with van der Waals surface area (Å²) in [6.07, 6.45) is -1.69. The molecule has 1 aromatic rings. The predicted molar refractivity (Wildman–Crippen MR) is 90.6 cm³/mol. The van der Waals surface area contributed by atoms with E-state index in [1.165, 1.54) is 6.07 Å². The average Bonchev–Trinajstić information content (AvgIpc) is 2.90. The van der Waals surface area contributed by atoms with E-state index in [4.69, 9.17) is 9.47 Å². The number of anilines is 1. The molecule has 2 heterocycles. The van der Waals surface area contributed by atoms with Gasteiger partial charge in [-0.3, -0.25) is 9.88 Å². The van der Waals surface area contributed by atoms with Gasteiger partial charge in [-0.05, 0) is 12.5 Å². The van der Waals surface area contributed by atoms with Crippen LogP contribution in [-0.2, 0) is 15.2 Å². The Morgan fingerprint density at radius 3 is 2.81 bits per heavy atom. The summed E-state index contributed by atoms with van der Waals surface area (Å²) in [4.78, 5) is 27.6. The fourth-order valence-electron chi connectivity index (χ4n) is 2.68. The minimum absolute atomic E-state index is 0.114. The highest BCUT2D eigenvalue weighted by Crippen LogP contribution is 2.34. The number of carbonyl (C=O) groups excluding carboxylic acids is 1. The number of aromatic nitrogens is 2. The molecule has 2 rings (SSSR count). The smallest absolute Gasteiger partial charge is 0.412 e. The SMILES string of the molecule is CCCCCOC(=O)Nc1ccn([C@]2(C#N)O[C@H](CO)[C@@H](O)[C@H]2O)c(=O)n1. The molecule has 11 heteroatoms. The summed E-state index contributed by atoms with van der Waals surface area (Å²) in [6.45, 7) is 1.59. The molecule has 1 aliphatic heterocycles. The number of rotatable bonds is 7. The maximum Gasteiger partial charge on any atom is 0.412 e. The number of ether oxygens (including phenoxy) is 2. The first-order chi connectivity index (χ1) is 12.9. The number of aliphatic hydroxyl groups excluding tert-OH is 3. The van der Waals surface area contributed by atoms with Gasteiger partial charge < -0.3 is 24.8 Å². The summed E-state index contributed by atoms with van der Waals surface area (Å²) in [5, 5.41) is 40.9. The van der Waals surface area contributed by atoms with Crippen molar-refractivity contribution in [1.29, 1.82) is 5.26 Å². The molecule has 1 fully saturated rings. The van der Waals surface area contributed by atoms with Crippen LogP contribution in [0.5, 0.6) is 0 Å². The van der Waals surface area contributed by atoms with E-state index in [1.807, 2.05) is 6.92 Å². The third kappa shape index (κ3) is 4.25. The number of nitrogens with one attached hydrogen (secondary N) is 1. The van der Waals surface area contributed by atoms with Gasteiger partial charge in [0.25, 0.3) is 5.72 Å². The topological polar surface area (TPSA) is 167 Å². The van der Waals surface area contributed by atoms with E-state index in [0.29, 0.717) is 11.0 Å². The van der Waals surface area contributed by atoms with E-state index >= 15 is 0 Å². The minimum Gasteiger partial charge on any atom is -0.449 e. The molecule has 1 aliphatic rings. The van der Waals surface area contributed by atoms with Gasteiger partial charge in [-0.25, -0.2) is 9.59 Å². The highest BCUT2D eigenvalue weighted by Gasteiger charge is 2.56. The maximum absolute atomic E-state index is 12.3. The maximum atomic E-state index is 12.3. The molecule has 4 N–H and O–H groups in total. The van der Waals surface area contributed by atoms with Crippen LogP contribution in [0.4, 0.5) is 10.6 Å². The van der Waals surface area contributed by atoms with E-state index in [1.54, 1.807) is 6.07 Å². The third-order valence-corrected chi connectivity index (χ3v) is 4.15. The summed E-state index contributed by atoms with van der Waals surface area (Å²) in [7, 11) is 0. The fraction of sp³-hybridized carbons (Fsp3) is 0.625. The first-order valence-electron chi connectivity index (χ1n) is 8.49. The molecule has 4 atom stereocenters. The van der Waals surface area contributed by atoms with Gasteiger partial charge in [0.2, 0.25) is 0 Å². The zero-order chi connectivity index (χ0) is 20.0. The van der Waals surface area contributed by atoms with Gasteiger partial charge in [-0.2, -0.15) is 10.2 Å². The zero-order valence-electron chi connectivity index (χ0n) is 14.7. The lowest BCUT2D eigenvalue weighted by atomic mass is 10.0. The molecular weight excluding hydrogens is 360 g/mol. The molecule has 0 unspecified atom stereocenters. The van der Waals surface area contributed by atoms with Gasteiger partial charge in [0, 0.05) is 6.20 Å². The van der Waals surface area contributed by atoms with Crippen molar-refractivity contribution >= 4 is 11.9 Å². The first-order valence-corrected chi connectivity index (χ1v) is 8.49. The van der Waals surface area contributed by atoms with E-state index in [9.17, 15) is 30.2 Å². The molecule has 1 aromatic heterocycles. The number of unbranched alkanes of at least 4 members (excludes halogenated alkanes) is 2. The predicted octanol–water partition coefficient (Wildman–Crippen LogP) is -0.729. The summed E-state index contributed by atoms with van der Waals surface area (Å²) >= 11 is 0. The Morgan fingerprint density at radius 2 is 2.26 bits per heavy atom. The van der Waals surface area contributed by atoms with Crippen LogP contribution in [-0.4, -0.2) is 62.5 Å². The average molecular weight is 382 g/mol. The Morgan fingerprint density at radius 1 is 1.52 bits per heavy atom. The Hall–Kier alpha value is -2.52. The highest BCUT2D eigenvalue weighted by molar-refractivity contribution is 5.83. The van der Waals surface area contributed by atoms with E-state index in [0.717, 1.165) is 19.0 Å². The number of aliphatic hydroxyl groups is 3. The zero-order valence-corrected chi connectivity index (χ0v) is 14.7. The van der Waals surface area contributed by atoms with Crippen molar-refractivity contribution in [3.05, 3.63) is 22.7 Å². The van der Waals surface area contributed by atoms with Gasteiger partial charge in [0.15, 0.2) is 0 Å². The number of hydrogen-bond acceptors (Lipinski definition) is 9.